The summed E-state index contributed by atoms with van der Waals surface area (Å²) in [5, 5.41) is 0. The topological polar surface area (TPSA) is 78.9 Å². The second kappa shape index (κ2) is 67.8. The summed E-state index contributed by atoms with van der Waals surface area (Å²) in [7, 11) is 0. The van der Waals surface area contributed by atoms with Crippen molar-refractivity contribution in [2.45, 2.75) is 297 Å². The molecule has 0 aromatic rings. The smallest absolute Gasteiger partial charge is 0.306 e. The lowest BCUT2D eigenvalue weighted by atomic mass is 10.1. The van der Waals surface area contributed by atoms with E-state index in [2.05, 4.69) is 167 Å². The van der Waals surface area contributed by atoms with Gasteiger partial charge in [-0.3, -0.25) is 14.4 Å². The number of hydrogen-bond acceptors (Lipinski definition) is 6. The van der Waals surface area contributed by atoms with E-state index in [9.17, 15) is 14.4 Å². The molecule has 0 N–H and O–H groups in total. The first-order valence-electron chi connectivity index (χ1n) is 33.3. The zero-order valence-electron chi connectivity index (χ0n) is 52.5. The van der Waals surface area contributed by atoms with Crippen LogP contribution in [0.3, 0.4) is 0 Å². The Morgan fingerprint density at radius 1 is 0.259 bits per heavy atom. The average molecular weight is 1120 g/mol. The van der Waals surface area contributed by atoms with Crippen LogP contribution in [0.2, 0.25) is 0 Å². The molecule has 0 saturated carbocycles. The van der Waals surface area contributed by atoms with E-state index in [1.165, 1.54) is 83.5 Å². The summed E-state index contributed by atoms with van der Waals surface area (Å²) in [4.78, 5) is 38.4. The van der Waals surface area contributed by atoms with Gasteiger partial charge >= 0.3 is 17.9 Å². The molecule has 0 spiro atoms. The minimum absolute atomic E-state index is 0.0987. The van der Waals surface area contributed by atoms with Gasteiger partial charge in [0.2, 0.25) is 0 Å². The fourth-order valence-corrected chi connectivity index (χ4v) is 8.82. The fraction of sp³-hybridized carbons (Fsp3) is 0.640. The summed E-state index contributed by atoms with van der Waals surface area (Å²) in [5.41, 5.74) is 0. The van der Waals surface area contributed by atoms with Crippen molar-refractivity contribution in [2.75, 3.05) is 13.2 Å². The Labute approximate surface area is 499 Å². The number of carbonyl (C=O) groups excluding carboxylic acids is 3. The van der Waals surface area contributed by atoms with Crippen LogP contribution in [-0.2, 0) is 28.6 Å². The molecule has 0 aliphatic rings. The number of hydrogen-bond donors (Lipinski definition) is 0. The Morgan fingerprint density at radius 2 is 0.506 bits per heavy atom. The van der Waals surface area contributed by atoms with Crippen LogP contribution in [0.15, 0.2) is 146 Å². The van der Waals surface area contributed by atoms with E-state index in [0.717, 1.165) is 167 Å². The number of unbranched alkanes of at least 4 members (excludes halogenated alkanes) is 24. The average Bonchev–Trinajstić information content (AvgIpc) is 3.46. The zero-order chi connectivity index (χ0) is 58.5. The van der Waals surface area contributed by atoms with Crippen molar-refractivity contribution in [2.24, 2.45) is 0 Å². The van der Waals surface area contributed by atoms with Crippen LogP contribution in [0, 0.1) is 0 Å². The lowest BCUT2D eigenvalue weighted by Crippen LogP contribution is -2.30. The van der Waals surface area contributed by atoms with E-state index in [-0.39, 0.29) is 31.1 Å². The minimum Gasteiger partial charge on any atom is -0.462 e. The molecule has 0 rings (SSSR count). The van der Waals surface area contributed by atoms with Gasteiger partial charge in [-0.05, 0) is 141 Å². The van der Waals surface area contributed by atoms with Gasteiger partial charge in [-0.1, -0.05) is 276 Å². The summed E-state index contributed by atoms with van der Waals surface area (Å²) in [6, 6.07) is 0. The van der Waals surface area contributed by atoms with Crippen LogP contribution in [-0.4, -0.2) is 37.2 Å². The maximum absolute atomic E-state index is 12.9. The van der Waals surface area contributed by atoms with E-state index in [1.54, 1.807) is 0 Å². The van der Waals surface area contributed by atoms with Gasteiger partial charge in [0, 0.05) is 19.3 Å². The summed E-state index contributed by atoms with van der Waals surface area (Å²) in [6.07, 6.45) is 97.1. The van der Waals surface area contributed by atoms with Crippen LogP contribution in [0.4, 0.5) is 0 Å². The second-order valence-electron chi connectivity index (χ2n) is 21.6. The molecule has 0 heterocycles. The summed E-state index contributed by atoms with van der Waals surface area (Å²) in [6.45, 7) is 6.42. The molecule has 0 aliphatic heterocycles. The quantitative estimate of drug-likeness (QED) is 0.0261. The normalized spacial score (nSPS) is 13.1. The third-order valence-electron chi connectivity index (χ3n) is 13.8. The predicted molar refractivity (Wildman–Crippen MR) is 352 cm³/mol. The largest absolute Gasteiger partial charge is 0.462 e. The molecule has 1 atom stereocenters. The van der Waals surface area contributed by atoms with Crippen molar-refractivity contribution < 1.29 is 28.6 Å². The van der Waals surface area contributed by atoms with Crippen molar-refractivity contribution in [3.8, 4) is 0 Å². The SMILES string of the molecule is CC/C=C\C/C=C\C/C=C\C/C=C\C/C=C\C/C=C\C/C=C\CCCCCCCCCC(=O)OCC(COC(=O)CCCCCCC/C=C\C/C=C\CCC)OC(=O)CCCCCCCC/C=C\C/C=C\C/C=C\CCCCCCC. The van der Waals surface area contributed by atoms with Crippen LogP contribution in [0.5, 0.6) is 0 Å². The van der Waals surface area contributed by atoms with Crippen LogP contribution in [0.25, 0.3) is 0 Å². The lowest BCUT2D eigenvalue weighted by Gasteiger charge is -2.18. The number of carbonyl (C=O) groups is 3. The van der Waals surface area contributed by atoms with E-state index in [0.29, 0.717) is 19.3 Å². The Bertz CT molecular complexity index is 1760. The van der Waals surface area contributed by atoms with Crippen LogP contribution >= 0.6 is 0 Å². The predicted octanol–water partition coefficient (Wildman–Crippen LogP) is 23.1. The zero-order valence-corrected chi connectivity index (χ0v) is 52.5. The molecule has 0 radical (unpaired) electrons. The molecule has 0 aromatic carbocycles. The summed E-state index contributed by atoms with van der Waals surface area (Å²) < 4.78 is 16.9. The monoisotopic (exact) mass is 1120 g/mol. The van der Waals surface area contributed by atoms with Gasteiger partial charge in [-0.25, -0.2) is 0 Å². The standard InChI is InChI=1S/C75H122O6/c1-4-7-10-13-16-19-22-25-27-29-31-33-34-35-36-37-38-39-40-42-43-45-47-50-53-56-59-62-65-68-74(77)80-71-72(70-79-73(76)67-64-61-58-55-52-49-24-21-18-15-12-9-6-3)81-75(78)69-66-63-60-57-54-51-48-46-44-41-32-30-28-26-23-20-17-14-11-8-5-2/h7,10,12,15-16,19,21,23-27,30-33,35-36,38-39,42-44,46,72H,4-6,8-9,11,13-14,17-18,20,22,28-29,34,37,40-41,45,47-71H2,1-3H3/b10-7-,15-12-,19-16-,24-21-,26-23-,27-25-,32-30-,33-31-,36-35-,39-38-,43-42-,46-44-. The molecule has 0 aliphatic carbocycles. The molecule has 6 heteroatoms. The van der Waals surface area contributed by atoms with Crippen molar-refractivity contribution in [3.63, 3.8) is 0 Å². The van der Waals surface area contributed by atoms with E-state index in [4.69, 9.17) is 14.2 Å². The Hall–Kier alpha value is -4.71. The Balaban J connectivity index is 4.39. The molecule has 0 amide bonds. The highest BCUT2D eigenvalue weighted by Gasteiger charge is 2.19. The minimum atomic E-state index is -0.803. The van der Waals surface area contributed by atoms with Gasteiger partial charge in [-0.2, -0.15) is 0 Å². The van der Waals surface area contributed by atoms with Crippen LogP contribution in [0.1, 0.15) is 290 Å². The van der Waals surface area contributed by atoms with Gasteiger partial charge in [0.1, 0.15) is 13.2 Å². The second-order valence-corrected chi connectivity index (χ2v) is 21.6. The Morgan fingerprint density at radius 3 is 0.802 bits per heavy atom. The molecule has 0 bridgehead atoms. The third kappa shape index (κ3) is 66.0. The van der Waals surface area contributed by atoms with Gasteiger partial charge in [-0.15, -0.1) is 0 Å². The van der Waals surface area contributed by atoms with Gasteiger partial charge in [0.25, 0.3) is 0 Å². The number of ether oxygens (including phenoxy) is 3. The number of rotatable bonds is 59. The van der Waals surface area contributed by atoms with Gasteiger partial charge in [0.05, 0.1) is 0 Å². The molecular formula is C75H122O6. The highest BCUT2D eigenvalue weighted by molar-refractivity contribution is 5.71. The molecule has 0 aromatic heterocycles. The Kier molecular flexibility index (Phi) is 63.9. The lowest BCUT2D eigenvalue weighted by molar-refractivity contribution is -0.167. The van der Waals surface area contributed by atoms with Crippen molar-refractivity contribution in [1.29, 1.82) is 0 Å². The molecule has 0 saturated heterocycles. The molecule has 6 nitrogen and oxygen atoms in total. The first kappa shape index (κ1) is 76.3. The van der Waals surface area contributed by atoms with Crippen molar-refractivity contribution in [1.82, 2.24) is 0 Å². The number of allylic oxidation sites excluding steroid dienone is 24. The van der Waals surface area contributed by atoms with Crippen molar-refractivity contribution >= 4 is 17.9 Å². The molecule has 458 valence electrons. The maximum Gasteiger partial charge on any atom is 0.306 e. The molecule has 81 heavy (non-hydrogen) atoms. The summed E-state index contributed by atoms with van der Waals surface area (Å²) in [5.74, 6) is -0.934. The van der Waals surface area contributed by atoms with E-state index >= 15 is 0 Å². The highest BCUT2D eigenvalue weighted by atomic mass is 16.6. The van der Waals surface area contributed by atoms with E-state index < -0.39 is 6.10 Å². The van der Waals surface area contributed by atoms with Gasteiger partial charge in [0.15, 0.2) is 6.10 Å². The maximum atomic E-state index is 12.9. The van der Waals surface area contributed by atoms with Gasteiger partial charge < -0.3 is 14.2 Å². The first-order chi connectivity index (χ1) is 40.0. The summed E-state index contributed by atoms with van der Waals surface area (Å²) >= 11 is 0. The first-order valence-corrected chi connectivity index (χ1v) is 33.3. The molecule has 0 fully saturated rings. The highest BCUT2D eigenvalue weighted by Crippen LogP contribution is 2.15. The number of esters is 3. The van der Waals surface area contributed by atoms with Crippen LogP contribution < -0.4 is 0 Å². The van der Waals surface area contributed by atoms with E-state index in [1.807, 2.05) is 0 Å². The fourth-order valence-electron chi connectivity index (χ4n) is 8.82. The third-order valence-corrected chi connectivity index (χ3v) is 13.8. The molecular weight excluding hydrogens is 997 g/mol. The van der Waals surface area contributed by atoms with Crippen molar-refractivity contribution in [3.05, 3.63) is 146 Å². The molecule has 1 unspecified atom stereocenters.